The van der Waals surface area contributed by atoms with Crippen LogP contribution >= 0.6 is 0 Å². The molecule has 0 aliphatic carbocycles. The summed E-state index contributed by atoms with van der Waals surface area (Å²) < 4.78 is 0. The van der Waals surface area contributed by atoms with E-state index in [1.807, 2.05) is 37.3 Å². The quantitative estimate of drug-likeness (QED) is 0.750. The normalized spacial score (nSPS) is 10.0. The molecule has 0 atom stereocenters. The minimum absolute atomic E-state index is 0.624. The molecule has 24 heavy (non-hydrogen) atoms. The molecule has 6 nitrogen and oxygen atoms in total. The lowest BCUT2D eigenvalue weighted by molar-refractivity contribution is 1.02. The van der Waals surface area contributed by atoms with E-state index in [9.17, 15) is 0 Å². The van der Waals surface area contributed by atoms with Gasteiger partial charge in [-0.05, 0) is 48.9 Å². The van der Waals surface area contributed by atoms with Crippen LogP contribution in [0.25, 0.3) is 0 Å². The van der Waals surface area contributed by atoms with Crippen molar-refractivity contribution in [2.24, 2.45) is 0 Å². The molecule has 0 spiro atoms. The predicted molar refractivity (Wildman–Crippen MR) is 92.8 cm³/mol. The van der Waals surface area contributed by atoms with Crippen molar-refractivity contribution in [3.63, 3.8) is 0 Å². The number of hydrogen-bond donors (Lipinski definition) is 2. The number of nitrogens with zero attached hydrogens (tertiary/aromatic N) is 4. The molecule has 2 N–H and O–H groups in total. The molecule has 0 radical (unpaired) electrons. The summed E-state index contributed by atoms with van der Waals surface area (Å²) in [5.41, 5.74) is 2.62. The number of pyridine rings is 1. The predicted octanol–water partition coefficient (Wildman–Crippen LogP) is 3.41. The fraction of sp³-hybridized carbons (Fsp3) is 0.111. The van der Waals surface area contributed by atoms with Crippen LogP contribution in [0.4, 0.5) is 17.3 Å². The molecule has 0 aliphatic heterocycles. The second-order valence-electron chi connectivity index (χ2n) is 5.21. The maximum Gasteiger partial charge on any atom is 0.136 e. The van der Waals surface area contributed by atoms with Gasteiger partial charge in [-0.25, -0.2) is 9.97 Å². The second kappa shape index (κ2) is 7.20. The second-order valence-corrected chi connectivity index (χ2v) is 5.21. The van der Waals surface area contributed by atoms with Crippen LogP contribution in [-0.4, -0.2) is 15.0 Å². The summed E-state index contributed by atoms with van der Waals surface area (Å²) in [6, 6.07) is 15.1. The largest absolute Gasteiger partial charge is 0.366 e. The van der Waals surface area contributed by atoms with Crippen LogP contribution in [0, 0.1) is 18.3 Å². The number of nitriles is 1. The van der Waals surface area contributed by atoms with Crippen molar-refractivity contribution >= 4 is 17.3 Å². The number of benzene rings is 1. The Bertz CT molecular complexity index is 853. The molecule has 118 valence electrons. The summed E-state index contributed by atoms with van der Waals surface area (Å²) in [7, 11) is 0. The van der Waals surface area contributed by atoms with Gasteiger partial charge in [0.2, 0.25) is 0 Å². The SMILES string of the molecule is Cc1nc(NCc2ccncc2)cc(Nc2ccc(C#N)cc2)n1. The van der Waals surface area contributed by atoms with Gasteiger partial charge in [-0.3, -0.25) is 4.98 Å². The fourth-order valence-corrected chi connectivity index (χ4v) is 2.19. The number of rotatable bonds is 5. The monoisotopic (exact) mass is 316 g/mol. The van der Waals surface area contributed by atoms with Crippen molar-refractivity contribution in [3.8, 4) is 6.07 Å². The lowest BCUT2D eigenvalue weighted by atomic mass is 10.2. The highest BCUT2D eigenvalue weighted by atomic mass is 15.1. The first-order valence-corrected chi connectivity index (χ1v) is 7.48. The Kier molecular flexibility index (Phi) is 4.63. The highest BCUT2D eigenvalue weighted by Gasteiger charge is 2.03. The molecule has 0 unspecified atom stereocenters. The van der Waals surface area contributed by atoms with Gasteiger partial charge in [0.1, 0.15) is 17.5 Å². The highest BCUT2D eigenvalue weighted by Crippen LogP contribution is 2.18. The van der Waals surface area contributed by atoms with E-state index in [4.69, 9.17) is 5.26 Å². The van der Waals surface area contributed by atoms with E-state index in [1.54, 1.807) is 24.5 Å². The number of aryl methyl sites for hydroxylation is 1. The van der Waals surface area contributed by atoms with Gasteiger partial charge in [-0.2, -0.15) is 5.26 Å². The average Bonchev–Trinajstić information content (AvgIpc) is 2.61. The Morgan fingerprint density at radius 2 is 1.71 bits per heavy atom. The average molecular weight is 316 g/mol. The van der Waals surface area contributed by atoms with Crippen LogP contribution in [0.5, 0.6) is 0 Å². The van der Waals surface area contributed by atoms with Crippen molar-refractivity contribution < 1.29 is 0 Å². The van der Waals surface area contributed by atoms with Gasteiger partial charge in [0.25, 0.3) is 0 Å². The van der Waals surface area contributed by atoms with Crippen LogP contribution in [-0.2, 0) is 6.54 Å². The molecule has 3 aromatic rings. The Morgan fingerprint density at radius 3 is 2.42 bits per heavy atom. The molecular formula is C18H16N6. The van der Waals surface area contributed by atoms with E-state index < -0.39 is 0 Å². The van der Waals surface area contributed by atoms with Crippen molar-refractivity contribution in [1.82, 2.24) is 15.0 Å². The van der Waals surface area contributed by atoms with Crippen LogP contribution in [0.3, 0.4) is 0 Å². The molecule has 0 aliphatic rings. The zero-order valence-electron chi connectivity index (χ0n) is 13.2. The standard InChI is InChI=1S/C18H16N6/c1-13-22-17(21-12-15-6-8-20-9-7-15)10-18(23-13)24-16-4-2-14(11-19)3-5-16/h2-10H,12H2,1H3,(H2,21,22,23,24). The summed E-state index contributed by atoms with van der Waals surface area (Å²) in [5.74, 6) is 2.12. The van der Waals surface area contributed by atoms with Gasteiger partial charge in [0.15, 0.2) is 0 Å². The summed E-state index contributed by atoms with van der Waals surface area (Å²) in [4.78, 5) is 12.8. The fourth-order valence-electron chi connectivity index (χ4n) is 2.19. The maximum atomic E-state index is 8.84. The molecule has 0 amide bonds. The van der Waals surface area contributed by atoms with Gasteiger partial charge in [0.05, 0.1) is 11.6 Å². The van der Waals surface area contributed by atoms with Crippen LogP contribution in [0.15, 0.2) is 54.9 Å². The first kappa shape index (κ1) is 15.4. The van der Waals surface area contributed by atoms with Gasteiger partial charge in [-0.15, -0.1) is 0 Å². The maximum absolute atomic E-state index is 8.84. The van der Waals surface area contributed by atoms with E-state index >= 15 is 0 Å². The summed E-state index contributed by atoms with van der Waals surface area (Å²) in [6.07, 6.45) is 3.53. The summed E-state index contributed by atoms with van der Waals surface area (Å²) >= 11 is 0. The lowest BCUT2D eigenvalue weighted by Gasteiger charge is -2.10. The Labute approximate surface area is 140 Å². The third-order valence-corrected chi connectivity index (χ3v) is 3.35. The third-order valence-electron chi connectivity index (χ3n) is 3.35. The van der Waals surface area contributed by atoms with E-state index in [2.05, 4.69) is 31.7 Å². The van der Waals surface area contributed by atoms with E-state index in [1.165, 1.54) is 0 Å². The van der Waals surface area contributed by atoms with Crippen molar-refractivity contribution in [3.05, 3.63) is 71.8 Å². The molecule has 0 saturated heterocycles. The minimum Gasteiger partial charge on any atom is -0.366 e. The van der Waals surface area contributed by atoms with Gasteiger partial charge in [-0.1, -0.05) is 0 Å². The number of hydrogen-bond acceptors (Lipinski definition) is 6. The van der Waals surface area contributed by atoms with Gasteiger partial charge in [0, 0.05) is 30.7 Å². The van der Waals surface area contributed by atoms with Gasteiger partial charge < -0.3 is 10.6 Å². The van der Waals surface area contributed by atoms with Crippen molar-refractivity contribution in [2.75, 3.05) is 10.6 Å². The number of aromatic nitrogens is 3. The summed E-state index contributed by atoms with van der Waals surface area (Å²) in [5, 5.41) is 15.3. The van der Waals surface area contributed by atoms with Crippen molar-refractivity contribution in [1.29, 1.82) is 5.26 Å². The molecule has 6 heteroatoms. The highest BCUT2D eigenvalue weighted by molar-refractivity contribution is 5.60. The molecule has 1 aromatic carbocycles. The molecule has 2 aromatic heterocycles. The first-order valence-electron chi connectivity index (χ1n) is 7.48. The molecule has 2 heterocycles. The van der Waals surface area contributed by atoms with Gasteiger partial charge >= 0.3 is 0 Å². The molecule has 0 fully saturated rings. The molecule has 0 bridgehead atoms. The molecule has 3 rings (SSSR count). The molecule has 0 saturated carbocycles. The lowest BCUT2D eigenvalue weighted by Crippen LogP contribution is -2.05. The zero-order chi connectivity index (χ0) is 16.8. The van der Waals surface area contributed by atoms with Crippen LogP contribution < -0.4 is 10.6 Å². The van der Waals surface area contributed by atoms with E-state index in [-0.39, 0.29) is 0 Å². The van der Waals surface area contributed by atoms with E-state index in [0.29, 0.717) is 23.8 Å². The Balaban J connectivity index is 1.72. The smallest absolute Gasteiger partial charge is 0.136 e. The van der Waals surface area contributed by atoms with Crippen LogP contribution in [0.2, 0.25) is 0 Å². The van der Waals surface area contributed by atoms with E-state index in [0.717, 1.165) is 17.1 Å². The topological polar surface area (TPSA) is 86.5 Å². The van der Waals surface area contributed by atoms with Crippen LogP contribution in [0.1, 0.15) is 17.0 Å². The van der Waals surface area contributed by atoms with Crippen molar-refractivity contribution in [2.45, 2.75) is 13.5 Å². The molecular weight excluding hydrogens is 300 g/mol. The Hall–Kier alpha value is -3.46. The minimum atomic E-state index is 0.624. The summed E-state index contributed by atoms with van der Waals surface area (Å²) in [6.45, 7) is 2.51. The number of nitrogens with one attached hydrogen (secondary N) is 2. The third kappa shape index (κ3) is 4.05. The number of anilines is 3. The first-order chi connectivity index (χ1) is 11.7. The zero-order valence-corrected chi connectivity index (χ0v) is 13.2. The Morgan fingerprint density at radius 1 is 1.00 bits per heavy atom.